The van der Waals surface area contributed by atoms with Gasteiger partial charge < -0.3 is 9.88 Å². The lowest BCUT2D eigenvalue weighted by Gasteiger charge is -2.10. The number of aryl methyl sites for hydroxylation is 1. The Morgan fingerprint density at radius 3 is 3.00 bits per heavy atom. The molecule has 0 atom stereocenters. The van der Waals surface area contributed by atoms with E-state index in [1.807, 2.05) is 12.4 Å². The molecule has 1 N–H and O–H groups in total. The van der Waals surface area contributed by atoms with Gasteiger partial charge in [0.1, 0.15) is 11.6 Å². The predicted molar refractivity (Wildman–Crippen MR) is 79.0 cm³/mol. The first kappa shape index (κ1) is 13.3. The summed E-state index contributed by atoms with van der Waals surface area (Å²) in [6, 6.07) is 4.73. The Morgan fingerprint density at radius 1 is 1.44 bits per heavy atom. The minimum absolute atomic E-state index is 0.211. The summed E-state index contributed by atoms with van der Waals surface area (Å²) in [5, 5.41) is 3.28. The number of benzene rings is 1. The number of anilines is 1. The Balaban J connectivity index is 2.04. The molecule has 3 nitrogen and oxygen atoms in total. The number of hydrogen-bond donors (Lipinski definition) is 1. The number of hydrogen-bond acceptors (Lipinski definition) is 2. The van der Waals surface area contributed by atoms with E-state index in [4.69, 9.17) is 0 Å². The zero-order chi connectivity index (χ0) is 13.0. The smallest absolute Gasteiger partial charge is 0.128 e. The Hall–Kier alpha value is -1.11. The van der Waals surface area contributed by atoms with E-state index < -0.39 is 0 Å². The van der Waals surface area contributed by atoms with Crippen LogP contribution in [0.1, 0.15) is 19.2 Å². The van der Waals surface area contributed by atoms with Crippen LogP contribution in [-0.2, 0) is 13.1 Å². The summed E-state index contributed by atoms with van der Waals surface area (Å²) < 4.78 is 16.0. The largest absolute Gasteiger partial charge is 0.377 e. The summed E-state index contributed by atoms with van der Waals surface area (Å²) in [4.78, 5) is 4.32. The van der Waals surface area contributed by atoms with E-state index in [2.05, 4.69) is 44.4 Å². The summed E-state index contributed by atoms with van der Waals surface area (Å²) in [5.74, 6) is 0.786. The van der Waals surface area contributed by atoms with Crippen LogP contribution in [-0.4, -0.2) is 9.55 Å². The van der Waals surface area contributed by atoms with Gasteiger partial charge in [-0.05, 0) is 47.2 Å². The standard InChI is InChI=1S/C13H15FIN3/c1-2-6-18-7-5-16-13(18)9-17-12-4-3-10(14)8-11(12)15/h3-5,7-8,17H,2,6,9H2,1H3. The quantitative estimate of drug-likeness (QED) is 0.826. The van der Waals surface area contributed by atoms with Gasteiger partial charge in [-0.3, -0.25) is 0 Å². The molecule has 18 heavy (non-hydrogen) atoms. The van der Waals surface area contributed by atoms with Gasteiger partial charge in [0, 0.05) is 28.2 Å². The molecule has 0 saturated carbocycles. The molecule has 1 aromatic carbocycles. The zero-order valence-corrected chi connectivity index (χ0v) is 12.3. The van der Waals surface area contributed by atoms with E-state index >= 15 is 0 Å². The molecule has 0 radical (unpaired) electrons. The van der Waals surface area contributed by atoms with E-state index in [0.717, 1.165) is 28.0 Å². The number of rotatable bonds is 5. The van der Waals surface area contributed by atoms with Gasteiger partial charge in [0.25, 0.3) is 0 Å². The van der Waals surface area contributed by atoms with Crippen molar-refractivity contribution in [3.8, 4) is 0 Å². The Bertz CT molecular complexity index is 525. The van der Waals surface area contributed by atoms with Gasteiger partial charge in [-0.25, -0.2) is 9.37 Å². The molecule has 0 spiro atoms. The monoisotopic (exact) mass is 359 g/mol. The molecular weight excluding hydrogens is 344 g/mol. The minimum Gasteiger partial charge on any atom is -0.377 e. The van der Waals surface area contributed by atoms with E-state index in [9.17, 15) is 4.39 Å². The summed E-state index contributed by atoms with van der Waals surface area (Å²) in [6.45, 7) is 3.76. The number of nitrogens with one attached hydrogen (secondary N) is 1. The van der Waals surface area contributed by atoms with Gasteiger partial charge in [-0.1, -0.05) is 6.92 Å². The highest BCUT2D eigenvalue weighted by Crippen LogP contribution is 2.19. The van der Waals surface area contributed by atoms with Crippen molar-refractivity contribution < 1.29 is 4.39 Å². The van der Waals surface area contributed by atoms with Gasteiger partial charge in [0.15, 0.2) is 0 Å². The highest BCUT2D eigenvalue weighted by molar-refractivity contribution is 14.1. The van der Waals surface area contributed by atoms with Crippen LogP contribution < -0.4 is 5.32 Å². The first-order chi connectivity index (χ1) is 8.70. The number of imidazole rings is 1. The summed E-state index contributed by atoms with van der Waals surface area (Å²) in [5.41, 5.74) is 0.933. The van der Waals surface area contributed by atoms with Crippen LogP contribution in [0, 0.1) is 9.39 Å². The molecule has 0 aliphatic rings. The molecule has 0 fully saturated rings. The highest BCUT2D eigenvalue weighted by atomic mass is 127. The van der Waals surface area contributed by atoms with Crippen molar-refractivity contribution in [2.75, 3.05) is 5.32 Å². The first-order valence-corrected chi connectivity index (χ1v) is 6.97. The first-order valence-electron chi connectivity index (χ1n) is 5.89. The molecule has 1 aromatic heterocycles. The van der Waals surface area contributed by atoms with E-state index in [-0.39, 0.29) is 5.82 Å². The third-order valence-corrected chi connectivity index (χ3v) is 3.53. The fourth-order valence-electron chi connectivity index (χ4n) is 1.76. The normalized spacial score (nSPS) is 10.6. The lowest BCUT2D eigenvalue weighted by Crippen LogP contribution is -2.09. The maximum Gasteiger partial charge on any atom is 0.128 e. The van der Waals surface area contributed by atoms with Crippen molar-refractivity contribution in [3.63, 3.8) is 0 Å². The number of aromatic nitrogens is 2. The maximum atomic E-state index is 13.0. The second kappa shape index (κ2) is 6.17. The molecule has 0 amide bonds. The topological polar surface area (TPSA) is 29.9 Å². The molecular formula is C13H15FIN3. The molecule has 0 aliphatic carbocycles. The highest BCUT2D eigenvalue weighted by Gasteiger charge is 2.04. The zero-order valence-electron chi connectivity index (χ0n) is 10.2. The molecule has 0 unspecified atom stereocenters. The lowest BCUT2D eigenvalue weighted by molar-refractivity contribution is 0.626. The lowest BCUT2D eigenvalue weighted by atomic mass is 10.3. The second-order valence-electron chi connectivity index (χ2n) is 4.01. The Kier molecular flexibility index (Phi) is 4.57. The second-order valence-corrected chi connectivity index (χ2v) is 5.18. The fourth-order valence-corrected chi connectivity index (χ4v) is 2.43. The van der Waals surface area contributed by atoms with Crippen molar-refractivity contribution in [2.45, 2.75) is 26.4 Å². The van der Waals surface area contributed by atoms with Gasteiger partial charge in [-0.15, -0.1) is 0 Å². The van der Waals surface area contributed by atoms with E-state index in [0.29, 0.717) is 6.54 Å². The van der Waals surface area contributed by atoms with Crippen LogP contribution in [0.2, 0.25) is 0 Å². The summed E-state index contributed by atoms with van der Waals surface area (Å²) in [7, 11) is 0. The molecule has 0 saturated heterocycles. The van der Waals surface area contributed by atoms with Gasteiger partial charge in [-0.2, -0.15) is 0 Å². The molecule has 1 heterocycles. The molecule has 5 heteroatoms. The molecule has 2 aromatic rings. The van der Waals surface area contributed by atoms with Crippen LogP contribution in [0.5, 0.6) is 0 Å². The van der Waals surface area contributed by atoms with Gasteiger partial charge in [0.2, 0.25) is 0 Å². The Labute approximate surface area is 120 Å². The molecule has 0 aliphatic heterocycles. The van der Waals surface area contributed by atoms with E-state index in [1.165, 1.54) is 12.1 Å². The van der Waals surface area contributed by atoms with Gasteiger partial charge >= 0.3 is 0 Å². The van der Waals surface area contributed by atoms with Crippen LogP contribution in [0.3, 0.4) is 0 Å². The van der Waals surface area contributed by atoms with Crippen molar-refractivity contribution >= 4 is 28.3 Å². The van der Waals surface area contributed by atoms with Crippen LogP contribution in [0.4, 0.5) is 10.1 Å². The van der Waals surface area contributed by atoms with Gasteiger partial charge in [0.05, 0.1) is 6.54 Å². The third-order valence-electron chi connectivity index (χ3n) is 2.63. The molecule has 2 rings (SSSR count). The van der Waals surface area contributed by atoms with Crippen molar-refractivity contribution in [1.82, 2.24) is 9.55 Å². The van der Waals surface area contributed by atoms with Crippen molar-refractivity contribution in [2.24, 2.45) is 0 Å². The number of nitrogens with zero attached hydrogens (tertiary/aromatic N) is 2. The predicted octanol–water partition coefficient (Wildman–Crippen LogP) is 3.65. The summed E-state index contributed by atoms with van der Waals surface area (Å²) >= 11 is 2.12. The average Bonchev–Trinajstić information content (AvgIpc) is 2.76. The molecule has 96 valence electrons. The summed E-state index contributed by atoms with van der Waals surface area (Å²) in [6.07, 6.45) is 4.87. The van der Waals surface area contributed by atoms with E-state index in [1.54, 1.807) is 6.07 Å². The van der Waals surface area contributed by atoms with Crippen LogP contribution >= 0.6 is 22.6 Å². The maximum absolute atomic E-state index is 13.0. The number of halogens is 2. The average molecular weight is 359 g/mol. The minimum atomic E-state index is -0.211. The van der Waals surface area contributed by atoms with Crippen molar-refractivity contribution in [3.05, 3.63) is 45.8 Å². The van der Waals surface area contributed by atoms with Crippen LogP contribution in [0.25, 0.3) is 0 Å². The fraction of sp³-hybridized carbons (Fsp3) is 0.308. The SMILES string of the molecule is CCCn1ccnc1CNc1ccc(F)cc1I. The third kappa shape index (κ3) is 3.22. The van der Waals surface area contributed by atoms with Crippen molar-refractivity contribution in [1.29, 1.82) is 0 Å². The molecule has 0 bridgehead atoms. The Morgan fingerprint density at radius 2 is 2.28 bits per heavy atom. The van der Waals surface area contributed by atoms with Crippen LogP contribution in [0.15, 0.2) is 30.6 Å².